The van der Waals surface area contributed by atoms with Crippen molar-refractivity contribution in [1.29, 1.82) is 0 Å². The van der Waals surface area contributed by atoms with Crippen LogP contribution in [0, 0.1) is 0 Å². The van der Waals surface area contributed by atoms with Gasteiger partial charge in [-0.25, -0.2) is 0 Å². The van der Waals surface area contributed by atoms with Crippen LogP contribution in [-0.2, 0) is 24.7 Å². The summed E-state index contributed by atoms with van der Waals surface area (Å²) in [6, 6.07) is 3.64. The molecule has 0 amide bonds. The minimum atomic E-state index is -5.29. The number of ether oxygens (including phenoxy) is 2. The van der Waals surface area contributed by atoms with Crippen LogP contribution < -0.4 is 20.9 Å². The first-order chi connectivity index (χ1) is 17.2. The summed E-state index contributed by atoms with van der Waals surface area (Å²) in [6.07, 6.45) is -21.0. The lowest BCUT2D eigenvalue weighted by molar-refractivity contribution is -0.145. The lowest BCUT2D eigenvalue weighted by Gasteiger charge is -2.19. The summed E-state index contributed by atoms with van der Waals surface area (Å²) in [5, 5.41) is 0. The quantitative estimate of drug-likeness (QED) is 0.246. The topological polar surface area (TPSA) is 70.5 Å². The van der Waals surface area contributed by atoms with Gasteiger partial charge in [0.05, 0.1) is 22.3 Å². The first-order valence-corrected chi connectivity index (χ1v) is 9.79. The molecule has 0 aliphatic rings. The molecule has 4 nitrogen and oxygen atoms in total. The molecule has 0 unspecified atom stereocenters. The number of alkyl halides is 12. The number of rotatable bonds is 4. The highest BCUT2D eigenvalue weighted by Gasteiger charge is 2.42. The number of anilines is 2. The lowest BCUT2D eigenvalue weighted by atomic mass is 10.1. The van der Waals surface area contributed by atoms with Gasteiger partial charge in [0.2, 0.25) is 0 Å². The van der Waals surface area contributed by atoms with E-state index in [9.17, 15) is 52.7 Å². The maximum absolute atomic E-state index is 13.3. The third-order valence-corrected chi connectivity index (χ3v) is 4.80. The molecule has 3 aromatic carbocycles. The zero-order valence-electron chi connectivity index (χ0n) is 18.1. The predicted octanol–water partition coefficient (Wildman–Crippen LogP) is 8.51. The SMILES string of the molecule is Nc1cc(Oc2ccc(Oc3cc(N)c(C(F)(F)F)cc3C(F)(F)F)cc2)c(C(F)(F)F)cc1C(F)(F)F. The summed E-state index contributed by atoms with van der Waals surface area (Å²) in [4.78, 5) is 0. The minimum Gasteiger partial charge on any atom is -0.457 e. The molecule has 3 rings (SSSR count). The Morgan fingerprint density at radius 3 is 0.921 bits per heavy atom. The molecule has 0 aliphatic carbocycles. The fourth-order valence-corrected chi connectivity index (χ4v) is 3.12. The Kier molecular flexibility index (Phi) is 7.07. The van der Waals surface area contributed by atoms with Crippen molar-refractivity contribution in [3.8, 4) is 23.0 Å². The second-order valence-electron chi connectivity index (χ2n) is 7.54. The first-order valence-electron chi connectivity index (χ1n) is 9.79. The van der Waals surface area contributed by atoms with Gasteiger partial charge < -0.3 is 20.9 Å². The van der Waals surface area contributed by atoms with Gasteiger partial charge in [-0.3, -0.25) is 0 Å². The average molecular weight is 564 g/mol. The molecule has 0 saturated carbocycles. The number of nitrogen functional groups attached to an aromatic ring is 2. The van der Waals surface area contributed by atoms with Crippen molar-refractivity contribution in [2.45, 2.75) is 24.7 Å². The predicted molar refractivity (Wildman–Crippen MR) is 108 cm³/mol. The number of benzene rings is 3. The second kappa shape index (κ2) is 9.40. The third-order valence-electron chi connectivity index (χ3n) is 4.80. The van der Waals surface area contributed by atoms with E-state index in [1.165, 1.54) is 0 Å². The van der Waals surface area contributed by atoms with E-state index in [-0.39, 0.29) is 12.1 Å². The van der Waals surface area contributed by atoms with Crippen LogP contribution in [0.15, 0.2) is 48.5 Å². The fraction of sp³-hybridized carbons (Fsp3) is 0.182. The Labute approximate surface area is 204 Å². The zero-order chi connectivity index (χ0) is 28.8. The van der Waals surface area contributed by atoms with E-state index >= 15 is 0 Å². The zero-order valence-corrected chi connectivity index (χ0v) is 18.1. The Hall–Kier alpha value is -3.98. The molecule has 0 bridgehead atoms. The van der Waals surface area contributed by atoms with Crippen molar-refractivity contribution in [2.24, 2.45) is 0 Å². The number of halogens is 12. The number of nitrogens with two attached hydrogens (primary N) is 2. The minimum absolute atomic E-state index is 0.240. The van der Waals surface area contributed by atoms with E-state index in [0.29, 0.717) is 12.1 Å². The molecule has 38 heavy (non-hydrogen) atoms. The Morgan fingerprint density at radius 1 is 0.421 bits per heavy atom. The third kappa shape index (κ3) is 6.28. The molecule has 206 valence electrons. The molecule has 3 aromatic rings. The van der Waals surface area contributed by atoms with Gasteiger partial charge in [-0.05, 0) is 36.4 Å². The highest BCUT2D eigenvalue weighted by molar-refractivity contribution is 5.59. The highest BCUT2D eigenvalue weighted by atomic mass is 19.4. The van der Waals surface area contributed by atoms with E-state index in [4.69, 9.17) is 20.9 Å². The molecule has 0 spiro atoms. The van der Waals surface area contributed by atoms with Crippen molar-refractivity contribution in [3.63, 3.8) is 0 Å². The van der Waals surface area contributed by atoms with Crippen molar-refractivity contribution in [3.05, 3.63) is 70.8 Å². The molecule has 0 radical (unpaired) electrons. The van der Waals surface area contributed by atoms with Gasteiger partial charge in [-0.1, -0.05) is 0 Å². The van der Waals surface area contributed by atoms with E-state index in [0.717, 1.165) is 24.3 Å². The van der Waals surface area contributed by atoms with Crippen LogP contribution in [-0.4, -0.2) is 0 Å². The number of hydrogen-bond acceptors (Lipinski definition) is 4. The molecular weight excluding hydrogens is 552 g/mol. The van der Waals surface area contributed by atoms with Crippen LogP contribution in [0.5, 0.6) is 23.0 Å². The van der Waals surface area contributed by atoms with Crippen molar-refractivity contribution in [1.82, 2.24) is 0 Å². The molecule has 4 N–H and O–H groups in total. The van der Waals surface area contributed by atoms with Gasteiger partial charge >= 0.3 is 24.7 Å². The molecule has 0 fully saturated rings. The van der Waals surface area contributed by atoms with Crippen LogP contribution in [0.2, 0.25) is 0 Å². The average Bonchev–Trinajstić information content (AvgIpc) is 2.71. The lowest BCUT2D eigenvalue weighted by Crippen LogP contribution is -2.14. The molecule has 16 heteroatoms. The van der Waals surface area contributed by atoms with Gasteiger partial charge in [0.15, 0.2) is 0 Å². The van der Waals surface area contributed by atoms with Crippen molar-refractivity contribution in [2.75, 3.05) is 11.5 Å². The van der Waals surface area contributed by atoms with E-state index in [1.54, 1.807) is 0 Å². The Bertz CT molecular complexity index is 1220. The molecule has 0 aromatic heterocycles. The smallest absolute Gasteiger partial charge is 0.420 e. The molecule has 0 atom stereocenters. The van der Waals surface area contributed by atoms with Crippen LogP contribution in [0.4, 0.5) is 64.1 Å². The Morgan fingerprint density at radius 2 is 0.684 bits per heavy atom. The summed E-state index contributed by atoms with van der Waals surface area (Å²) in [6.45, 7) is 0. The van der Waals surface area contributed by atoms with Crippen LogP contribution in [0.3, 0.4) is 0 Å². The fourth-order valence-electron chi connectivity index (χ4n) is 3.12. The first kappa shape index (κ1) is 28.6. The number of hydrogen-bond donors (Lipinski definition) is 2. The molecule has 0 saturated heterocycles. The summed E-state index contributed by atoms with van der Waals surface area (Å²) in [5.41, 5.74) is 1.18. The van der Waals surface area contributed by atoms with Gasteiger partial charge in [0.25, 0.3) is 0 Å². The molecule has 0 aliphatic heterocycles. The highest BCUT2D eigenvalue weighted by Crippen LogP contribution is 2.46. The van der Waals surface area contributed by atoms with Crippen molar-refractivity contribution >= 4 is 11.4 Å². The normalized spacial score (nSPS) is 12.9. The summed E-state index contributed by atoms with van der Waals surface area (Å²) < 4.78 is 168. The summed E-state index contributed by atoms with van der Waals surface area (Å²) in [5.74, 6) is -3.06. The largest absolute Gasteiger partial charge is 0.457 e. The summed E-state index contributed by atoms with van der Waals surface area (Å²) >= 11 is 0. The summed E-state index contributed by atoms with van der Waals surface area (Å²) in [7, 11) is 0. The van der Waals surface area contributed by atoms with E-state index in [1.807, 2.05) is 0 Å². The van der Waals surface area contributed by atoms with Gasteiger partial charge in [-0.2, -0.15) is 52.7 Å². The molecular formula is C22H12F12N2O2. The van der Waals surface area contributed by atoms with Gasteiger partial charge in [0, 0.05) is 23.5 Å². The van der Waals surface area contributed by atoms with Crippen LogP contribution in [0.25, 0.3) is 0 Å². The molecule has 0 heterocycles. The van der Waals surface area contributed by atoms with Gasteiger partial charge in [-0.15, -0.1) is 0 Å². The van der Waals surface area contributed by atoms with Crippen LogP contribution in [0.1, 0.15) is 22.3 Å². The van der Waals surface area contributed by atoms with E-state index < -0.39 is 81.3 Å². The maximum atomic E-state index is 13.3. The van der Waals surface area contributed by atoms with Crippen molar-refractivity contribution < 1.29 is 62.2 Å². The maximum Gasteiger partial charge on any atom is 0.420 e. The van der Waals surface area contributed by atoms with Crippen LogP contribution >= 0.6 is 0 Å². The second-order valence-corrected chi connectivity index (χ2v) is 7.54. The standard InChI is InChI=1S/C22H12F12N2O2/c23-19(24,25)11-5-13(21(29,30)31)17(7-15(11)35)37-9-1-2-10(4-3-9)38-18-8-16(36)12(20(26,27)28)6-14(18)22(32,33)34/h1-8H,35-36H2. The monoisotopic (exact) mass is 564 g/mol. The Balaban J connectivity index is 1.94. The van der Waals surface area contributed by atoms with E-state index in [2.05, 4.69) is 0 Å². The van der Waals surface area contributed by atoms with Gasteiger partial charge in [0.1, 0.15) is 23.0 Å².